The summed E-state index contributed by atoms with van der Waals surface area (Å²) in [6, 6.07) is -1.39. The number of carboxylic acids is 1. The molecule has 0 radical (unpaired) electrons. The molecule has 2 heterocycles. The fraction of sp³-hybridized carbons (Fsp3) is 0.833. The summed E-state index contributed by atoms with van der Waals surface area (Å²) in [7, 11) is 0. The number of amides is 2. The number of hydrogen-bond acceptors (Lipinski definition) is 4. The lowest BCUT2D eigenvalue weighted by molar-refractivity contribution is -0.141. The first-order chi connectivity index (χ1) is 9.08. The van der Waals surface area contributed by atoms with Crippen LogP contribution in [0.3, 0.4) is 0 Å². The van der Waals surface area contributed by atoms with Gasteiger partial charge >= 0.3 is 12.0 Å². The third kappa shape index (κ3) is 3.57. The Labute approximate surface area is 111 Å². The number of aliphatic hydroxyl groups excluding tert-OH is 1. The summed E-state index contributed by atoms with van der Waals surface area (Å²) in [5, 5.41) is 21.2. The topological polar surface area (TPSA) is 99.1 Å². The van der Waals surface area contributed by atoms with E-state index in [1.54, 1.807) is 0 Å². The van der Waals surface area contributed by atoms with Crippen LogP contribution in [0.1, 0.15) is 25.7 Å². The molecule has 2 aliphatic heterocycles. The number of rotatable bonds is 3. The summed E-state index contributed by atoms with van der Waals surface area (Å²) in [6.45, 7) is 1.16. The number of hydrogen-bond donors (Lipinski definition) is 3. The molecule has 0 aromatic rings. The van der Waals surface area contributed by atoms with Crippen LogP contribution in [0.25, 0.3) is 0 Å². The molecule has 7 nitrogen and oxygen atoms in total. The molecule has 2 rings (SSSR count). The number of urea groups is 1. The van der Waals surface area contributed by atoms with Crippen molar-refractivity contribution >= 4 is 12.0 Å². The van der Waals surface area contributed by atoms with Crippen LogP contribution in [-0.4, -0.2) is 65.1 Å². The number of likely N-dealkylation sites (tertiary alicyclic amines) is 1. The van der Waals surface area contributed by atoms with Crippen molar-refractivity contribution in [3.05, 3.63) is 0 Å². The Balaban J connectivity index is 1.82. The van der Waals surface area contributed by atoms with Gasteiger partial charge in [0.15, 0.2) is 0 Å². The third-order valence-electron chi connectivity index (χ3n) is 3.58. The van der Waals surface area contributed by atoms with Crippen LogP contribution in [0, 0.1) is 0 Å². The fourth-order valence-corrected chi connectivity index (χ4v) is 2.54. The second-order valence-corrected chi connectivity index (χ2v) is 5.07. The van der Waals surface area contributed by atoms with Crippen LogP contribution in [-0.2, 0) is 9.53 Å². The number of ether oxygens (including phenoxy) is 1. The molecule has 2 amide bonds. The number of carboxylic acid groups (broad SMARTS) is 1. The maximum atomic E-state index is 11.9. The quantitative estimate of drug-likeness (QED) is 0.660. The molecular formula is C12H20N2O5. The highest BCUT2D eigenvalue weighted by molar-refractivity contribution is 5.83. The molecule has 3 N–H and O–H groups in total. The normalized spacial score (nSPS) is 31.2. The van der Waals surface area contributed by atoms with Crippen LogP contribution in [0.15, 0.2) is 0 Å². The van der Waals surface area contributed by atoms with Gasteiger partial charge in [-0.1, -0.05) is 0 Å². The van der Waals surface area contributed by atoms with Crippen molar-refractivity contribution in [2.75, 3.05) is 19.7 Å². The Hall–Kier alpha value is -1.34. The molecule has 0 aromatic carbocycles. The van der Waals surface area contributed by atoms with Gasteiger partial charge in [-0.15, -0.1) is 0 Å². The van der Waals surface area contributed by atoms with Crippen molar-refractivity contribution < 1.29 is 24.5 Å². The SMILES string of the molecule is O=C(O)[C@H]1C[C@@H](O)CN1C(=O)NCC1CCCCO1. The minimum absolute atomic E-state index is 0.00787. The Morgan fingerprint density at radius 3 is 2.79 bits per heavy atom. The number of aliphatic carboxylic acids is 1. The van der Waals surface area contributed by atoms with E-state index in [2.05, 4.69) is 5.32 Å². The van der Waals surface area contributed by atoms with Gasteiger partial charge in [0.05, 0.1) is 12.2 Å². The zero-order valence-corrected chi connectivity index (χ0v) is 10.7. The zero-order chi connectivity index (χ0) is 13.8. The Kier molecular flexibility index (Phi) is 4.60. The Bertz CT molecular complexity index is 343. The largest absolute Gasteiger partial charge is 0.480 e. The highest BCUT2D eigenvalue weighted by Gasteiger charge is 2.39. The summed E-state index contributed by atoms with van der Waals surface area (Å²) in [5.74, 6) is -1.08. The van der Waals surface area contributed by atoms with E-state index in [1.807, 2.05) is 0 Å². The molecule has 0 aliphatic carbocycles. The Morgan fingerprint density at radius 2 is 2.16 bits per heavy atom. The van der Waals surface area contributed by atoms with Crippen LogP contribution in [0.4, 0.5) is 4.79 Å². The predicted molar refractivity (Wildman–Crippen MR) is 65.7 cm³/mol. The van der Waals surface area contributed by atoms with E-state index in [0.29, 0.717) is 13.2 Å². The van der Waals surface area contributed by atoms with Crippen molar-refractivity contribution in [3.63, 3.8) is 0 Å². The summed E-state index contributed by atoms with van der Waals surface area (Å²) in [6.07, 6.45) is 2.37. The van der Waals surface area contributed by atoms with Gasteiger partial charge in [-0.2, -0.15) is 0 Å². The zero-order valence-electron chi connectivity index (χ0n) is 10.7. The van der Waals surface area contributed by atoms with Crippen molar-refractivity contribution in [3.8, 4) is 0 Å². The number of carbonyl (C=O) groups excluding carboxylic acids is 1. The number of nitrogens with zero attached hydrogens (tertiary/aromatic N) is 1. The number of nitrogens with one attached hydrogen (secondary N) is 1. The van der Waals surface area contributed by atoms with Gasteiger partial charge in [0.2, 0.25) is 0 Å². The monoisotopic (exact) mass is 272 g/mol. The molecule has 0 aromatic heterocycles. The third-order valence-corrected chi connectivity index (χ3v) is 3.58. The lowest BCUT2D eigenvalue weighted by atomic mass is 10.1. The first-order valence-corrected chi connectivity index (χ1v) is 6.65. The number of carbonyl (C=O) groups is 2. The molecule has 0 saturated carbocycles. The Morgan fingerprint density at radius 1 is 1.37 bits per heavy atom. The predicted octanol–water partition coefficient (Wildman–Crippen LogP) is -0.215. The van der Waals surface area contributed by atoms with Crippen LogP contribution >= 0.6 is 0 Å². The molecule has 19 heavy (non-hydrogen) atoms. The molecule has 3 atom stereocenters. The molecule has 108 valence electrons. The van der Waals surface area contributed by atoms with Gasteiger partial charge in [-0.05, 0) is 19.3 Å². The van der Waals surface area contributed by atoms with Gasteiger partial charge in [0.25, 0.3) is 0 Å². The molecule has 7 heteroatoms. The summed E-state index contributed by atoms with van der Waals surface area (Å²) in [5.41, 5.74) is 0. The van der Waals surface area contributed by atoms with Gasteiger partial charge < -0.3 is 25.2 Å². The van der Waals surface area contributed by atoms with Gasteiger partial charge in [0.1, 0.15) is 6.04 Å². The van der Waals surface area contributed by atoms with Crippen molar-refractivity contribution in [1.82, 2.24) is 10.2 Å². The average molecular weight is 272 g/mol. The van der Waals surface area contributed by atoms with Crippen LogP contribution in [0.2, 0.25) is 0 Å². The lowest BCUT2D eigenvalue weighted by Gasteiger charge is -2.26. The standard InChI is InChI=1S/C12H20N2O5/c15-8-5-10(11(16)17)14(7-8)12(18)13-6-9-3-1-2-4-19-9/h8-10,15H,1-7H2,(H,13,18)(H,16,17)/t8-,9?,10-/m1/s1. The fourth-order valence-electron chi connectivity index (χ4n) is 2.54. The molecule has 1 unspecified atom stereocenters. The number of aliphatic hydroxyl groups is 1. The van der Waals surface area contributed by atoms with E-state index in [0.717, 1.165) is 19.3 Å². The minimum atomic E-state index is -1.08. The highest BCUT2D eigenvalue weighted by Crippen LogP contribution is 2.18. The number of β-amino-alcohol motifs (C(OH)–C–C–N with tert-alkyl or cyclic N) is 1. The maximum Gasteiger partial charge on any atom is 0.326 e. The van der Waals surface area contributed by atoms with Gasteiger partial charge in [-0.3, -0.25) is 0 Å². The first-order valence-electron chi connectivity index (χ1n) is 6.65. The van der Waals surface area contributed by atoms with Gasteiger partial charge in [-0.25, -0.2) is 9.59 Å². The average Bonchev–Trinajstić information content (AvgIpc) is 2.79. The minimum Gasteiger partial charge on any atom is -0.480 e. The van der Waals surface area contributed by atoms with Crippen LogP contribution < -0.4 is 5.32 Å². The smallest absolute Gasteiger partial charge is 0.326 e. The van der Waals surface area contributed by atoms with Crippen molar-refractivity contribution in [2.45, 2.75) is 43.9 Å². The highest BCUT2D eigenvalue weighted by atomic mass is 16.5. The van der Waals surface area contributed by atoms with Gasteiger partial charge in [0, 0.05) is 26.1 Å². The molecular weight excluding hydrogens is 252 g/mol. The molecule has 2 saturated heterocycles. The lowest BCUT2D eigenvalue weighted by Crippen LogP contribution is -2.48. The summed E-state index contributed by atoms with van der Waals surface area (Å²) in [4.78, 5) is 24.1. The molecule has 2 aliphatic rings. The van der Waals surface area contributed by atoms with Crippen LogP contribution in [0.5, 0.6) is 0 Å². The summed E-state index contributed by atoms with van der Waals surface area (Å²) >= 11 is 0. The van der Waals surface area contributed by atoms with E-state index in [9.17, 15) is 14.7 Å². The molecule has 2 fully saturated rings. The van der Waals surface area contributed by atoms with E-state index >= 15 is 0 Å². The van der Waals surface area contributed by atoms with E-state index in [1.165, 1.54) is 4.90 Å². The van der Waals surface area contributed by atoms with E-state index in [-0.39, 0.29) is 19.1 Å². The first kappa shape index (κ1) is 14.1. The molecule has 0 bridgehead atoms. The van der Waals surface area contributed by atoms with Crippen molar-refractivity contribution in [1.29, 1.82) is 0 Å². The van der Waals surface area contributed by atoms with E-state index < -0.39 is 24.1 Å². The maximum absolute atomic E-state index is 11.9. The molecule has 0 spiro atoms. The van der Waals surface area contributed by atoms with E-state index in [4.69, 9.17) is 9.84 Å². The summed E-state index contributed by atoms with van der Waals surface area (Å²) < 4.78 is 5.49. The second-order valence-electron chi connectivity index (χ2n) is 5.07. The van der Waals surface area contributed by atoms with Crippen molar-refractivity contribution in [2.24, 2.45) is 0 Å². The second kappa shape index (κ2) is 6.21.